The number of esters is 1. The summed E-state index contributed by atoms with van der Waals surface area (Å²) in [6.45, 7) is 2.07. The Kier molecular flexibility index (Phi) is 4.87. The smallest absolute Gasteiger partial charge is 0.325 e. The zero-order chi connectivity index (χ0) is 19.0. The summed E-state index contributed by atoms with van der Waals surface area (Å²) in [5.74, 6) is 2.49. The van der Waals surface area contributed by atoms with Crippen molar-refractivity contribution in [3.63, 3.8) is 0 Å². The molecule has 1 aromatic carbocycles. The minimum absolute atomic E-state index is 0.0608. The van der Waals surface area contributed by atoms with E-state index in [1.54, 1.807) is 7.11 Å². The van der Waals surface area contributed by atoms with Gasteiger partial charge in [-0.25, -0.2) is 0 Å². The van der Waals surface area contributed by atoms with Crippen molar-refractivity contribution in [2.75, 3.05) is 13.7 Å². The number of hydrogen-bond donors (Lipinski definition) is 1. The van der Waals surface area contributed by atoms with Gasteiger partial charge in [0, 0.05) is 11.0 Å². The molecule has 0 unspecified atom stereocenters. The molecule has 4 saturated carbocycles. The molecule has 5 nitrogen and oxygen atoms in total. The molecular weight excluding hydrogens is 342 g/mol. The fourth-order valence-corrected chi connectivity index (χ4v) is 5.96. The molecule has 0 radical (unpaired) electrons. The molecule has 1 amide bonds. The van der Waals surface area contributed by atoms with Crippen molar-refractivity contribution >= 4 is 11.9 Å². The quantitative estimate of drug-likeness (QED) is 0.779. The Balaban J connectivity index is 1.30. The van der Waals surface area contributed by atoms with Gasteiger partial charge >= 0.3 is 5.97 Å². The van der Waals surface area contributed by atoms with E-state index in [9.17, 15) is 9.59 Å². The van der Waals surface area contributed by atoms with Crippen LogP contribution in [-0.2, 0) is 20.9 Å². The Bertz CT molecular complexity index is 707. The number of ether oxygens (including phenoxy) is 2. The lowest BCUT2D eigenvalue weighted by molar-refractivity contribution is -0.151. The average Bonchev–Trinajstić information content (AvgIpc) is 2.63. The Labute approximate surface area is 160 Å². The van der Waals surface area contributed by atoms with E-state index in [1.165, 1.54) is 19.3 Å². The minimum atomic E-state index is -0.406. The molecule has 4 bridgehead atoms. The van der Waals surface area contributed by atoms with Crippen molar-refractivity contribution in [3.05, 3.63) is 29.3 Å². The van der Waals surface area contributed by atoms with Crippen LogP contribution in [0.15, 0.2) is 18.2 Å². The summed E-state index contributed by atoms with van der Waals surface area (Å²) in [5.41, 5.74) is 1.68. The van der Waals surface area contributed by atoms with Gasteiger partial charge in [-0.1, -0.05) is 11.6 Å². The van der Waals surface area contributed by atoms with Crippen LogP contribution in [0.25, 0.3) is 0 Å². The van der Waals surface area contributed by atoms with Crippen LogP contribution in [-0.4, -0.2) is 25.5 Å². The highest BCUT2D eigenvalue weighted by Gasteiger charge is 2.54. The molecule has 0 aromatic heterocycles. The van der Waals surface area contributed by atoms with E-state index in [-0.39, 0.29) is 24.5 Å². The third-order valence-electron chi connectivity index (χ3n) is 6.74. The van der Waals surface area contributed by atoms with Crippen LogP contribution in [0, 0.1) is 30.1 Å². The van der Waals surface area contributed by atoms with E-state index in [0.717, 1.165) is 30.4 Å². The first-order valence-corrected chi connectivity index (χ1v) is 10.0. The molecular formula is C22H29NO4. The van der Waals surface area contributed by atoms with Crippen LogP contribution in [0.1, 0.15) is 49.7 Å². The number of methoxy groups -OCH3 is 1. The Hall–Kier alpha value is -2.04. The van der Waals surface area contributed by atoms with E-state index in [0.29, 0.717) is 23.5 Å². The van der Waals surface area contributed by atoms with Crippen molar-refractivity contribution in [1.29, 1.82) is 0 Å². The SMILES string of the molecule is COc1ccc(C)cc1COC(=O)CNC(=O)C12CC3CC(CC(C3)C1)C2. The van der Waals surface area contributed by atoms with Crippen molar-refractivity contribution in [3.8, 4) is 5.75 Å². The Morgan fingerprint density at radius 3 is 2.33 bits per heavy atom. The second kappa shape index (κ2) is 7.17. The highest BCUT2D eigenvalue weighted by molar-refractivity contribution is 5.86. The van der Waals surface area contributed by atoms with Gasteiger partial charge in [-0.3, -0.25) is 9.59 Å². The van der Waals surface area contributed by atoms with Crippen molar-refractivity contribution < 1.29 is 19.1 Å². The molecule has 146 valence electrons. The molecule has 0 saturated heterocycles. The number of benzene rings is 1. The van der Waals surface area contributed by atoms with E-state index in [1.807, 2.05) is 25.1 Å². The Morgan fingerprint density at radius 1 is 1.11 bits per heavy atom. The maximum absolute atomic E-state index is 12.9. The van der Waals surface area contributed by atoms with Crippen LogP contribution in [0.5, 0.6) is 5.75 Å². The third kappa shape index (κ3) is 3.69. The predicted molar refractivity (Wildman–Crippen MR) is 101 cm³/mol. The summed E-state index contributed by atoms with van der Waals surface area (Å²) >= 11 is 0. The molecule has 4 fully saturated rings. The van der Waals surface area contributed by atoms with Gasteiger partial charge in [0.25, 0.3) is 0 Å². The van der Waals surface area contributed by atoms with Crippen molar-refractivity contribution in [1.82, 2.24) is 5.32 Å². The van der Waals surface area contributed by atoms with Crippen molar-refractivity contribution in [2.24, 2.45) is 23.2 Å². The molecule has 4 aliphatic rings. The summed E-state index contributed by atoms with van der Waals surface area (Å²) in [6, 6.07) is 5.77. The predicted octanol–water partition coefficient (Wildman–Crippen LogP) is 3.38. The second-order valence-corrected chi connectivity index (χ2v) is 8.86. The number of carbonyl (C=O) groups is 2. The number of hydrogen-bond acceptors (Lipinski definition) is 4. The maximum atomic E-state index is 12.9. The highest BCUT2D eigenvalue weighted by Crippen LogP contribution is 2.60. The number of nitrogens with one attached hydrogen (secondary N) is 1. The van der Waals surface area contributed by atoms with Gasteiger partial charge in [-0.05, 0) is 75.3 Å². The molecule has 0 atom stereocenters. The molecule has 27 heavy (non-hydrogen) atoms. The van der Waals surface area contributed by atoms with E-state index in [2.05, 4.69) is 5.32 Å². The maximum Gasteiger partial charge on any atom is 0.325 e. The summed E-state index contributed by atoms with van der Waals surface area (Å²) in [4.78, 5) is 25.0. The van der Waals surface area contributed by atoms with E-state index < -0.39 is 5.97 Å². The monoisotopic (exact) mass is 371 g/mol. The van der Waals surface area contributed by atoms with E-state index >= 15 is 0 Å². The second-order valence-electron chi connectivity index (χ2n) is 8.86. The first-order valence-electron chi connectivity index (χ1n) is 10.0. The molecule has 5 heteroatoms. The minimum Gasteiger partial charge on any atom is -0.496 e. The zero-order valence-electron chi connectivity index (χ0n) is 16.3. The van der Waals surface area contributed by atoms with Crippen LogP contribution >= 0.6 is 0 Å². The standard InChI is InChI=1S/C22H29NO4/c1-14-3-4-19(26-2)18(5-14)13-27-20(24)12-23-21(25)22-9-15-6-16(10-22)8-17(7-15)11-22/h3-5,15-17H,6-13H2,1-2H3,(H,23,25). The molecule has 4 aliphatic carbocycles. The number of amides is 1. The van der Waals surface area contributed by atoms with Gasteiger partial charge in [-0.2, -0.15) is 0 Å². The number of rotatable bonds is 6. The lowest BCUT2D eigenvalue weighted by Crippen LogP contribution is -2.54. The average molecular weight is 371 g/mol. The summed E-state index contributed by atoms with van der Waals surface area (Å²) < 4.78 is 10.7. The van der Waals surface area contributed by atoms with Crippen LogP contribution in [0.2, 0.25) is 0 Å². The lowest BCUT2D eigenvalue weighted by Gasteiger charge is -2.55. The first-order chi connectivity index (χ1) is 13.0. The molecule has 0 aliphatic heterocycles. The summed E-state index contributed by atoms with van der Waals surface area (Å²) in [6.07, 6.45) is 6.90. The topological polar surface area (TPSA) is 64.6 Å². The molecule has 1 aromatic rings. The number of carbonyl (C=O) groups excluding carboxylic acids is 2. The van der Waals surface area contributed by atoms with Crippen LogP contribution in [0.3, 0.4) is 0 Å². The first kappa shape index (κ1) is 18.3. The van der Waals surface area contributed by atoms with Gasteiger partial charge in [0.2, 0.25) is 5.91 Å². The Morgan fingerprint density at radius 2 is 1.74 bits per heavy atom. The molecule has 5 rings (SSSR count). The summed E-state index contributed by atoms with van der Waals surface area (Å²) in [7, 11) is 1.60. The fourth-order valence-electron chi connectivity index (χ4n) is 5.96. The van der Waals surface area contributed by atoms with Gasteiger partial charge in [0.1, 0.15) is 18.9 Å². The fraction of sp³-hybridized carbons (Fsp3) is 0.636. The highest BCUT2D eigenvalue weighted by atomic mass is 16.5. The molecule has 0 spiro atoms. The van der Waals surface area contributed by atoms with Crippen LogP contribution in [0.4, 0.5) is 0 Å². The van der Waals surface area contributed by atoms with Gasteiger partial charge in [0.15, 0.2) is 0 Å². The normalized spacial score (nSPS) is 30.8. The number of aryl methyl sites for hydroxylation is 1. The molecule has 0 heterocycles. The summed E-state index contributed by atoms with van der Waals surface area (Å²) in [5, 5.41) is 2.87. The van der Waals surface area contributed by atoms with Gasteiger partial charge < -0.3 is 14.8 Å². The van der Waals surface area contributed by atoms with Gasteiger partial charge in [0.05, 0.1) is 7.11 Å². The lowest BCUT2D eigenvalue weighted by atomic mass is 9.49. The van der Waals surface area contributed by atoms with Crippen molar-refractivity contribution in [2.45, 2.75) is 52.1 Å². The third-order valence-corrected chi connectivity index (χ3v) is 6.74. The largest absolute Gasteiger partial charge is 0.496 e. The zero-order valence-corrected chi connectivity index (χ0v) is 16.3. The van der Waals surface area contributed by atoms with Gasteiger partial charge in [-0.15, -0.1) is 0 Å². The van der Waals surface area contributed by atoms with Crippen LogP contribution < -0.4 is 10.1 Å². The van der Waals surface area contributed by atoms with E-state index in [4.69, 9.17) is 9.47 Å². The molecule has 1 N–H and O–H groups in total.